The normalized spacial score (nSPS) is 16.0. The number of carbonyl (C=O) groups is 1. The van der Waals surface area contributed by atoms with Gasteiger partial charge < -0.3 is 19.5 Å². The molecule has 6 nitrogen and oxygen atoms in total. The van der Waals surface area contributed by atoms with Gasteiger partial charge in [0.15, 0.2) is 11.5 Å². The molecule has 162 valence electrons. The first-order chi connectivity index (χ1) is 14.6. The molecule has 2 aromatic rings. The molecule has 30 heavy (non-hydrogen) atoms. The molecule has 3 rings (SSSR count). The average Bonchev–Trinajstić information content (AvgIpc) is 2.79. The van der Waals surface area contributed by atoms with Crippen molar-refractivity contribution in [3.63, 3.8) is 0 Å². The summed E-state index contributed by atoms with van der Waals surface area (Å²) < 4.78 is 16.1. The number of benzene rings is 2. The second-order valence-electron chi connectivity index (χ2n) is 7.77. The Morgan fingerprint density at radius 2 is 1.63 bits per heavy atom. The van der Waals surface area contributed by atoms with E-state index in [4.69, 9.17) is 14.2 Å². The fraction of sp³-hybridized carbons (Fsp3) is 0.458. The molecule has 1 N–H and O–H groups in total. The number of nitrogens with one attached hydrogen (secondary N) is 1. The van der Waals surface area contributed by atoms with E-state index in [2.05, 4.69) is 41.4 Å². The van der Waals surface area contributed by atoms with Gasteiger partial charge >= 0.3 is 0 Å². The lowest BCUT2D eigenvalue weighted by atomic mass is 9.95. The lowest BCUT2D eigenvalue weighted by Crippen LogP contribution is -2.42. The van der Waals surface area contributed by atoms with Gasteiger partial charge in [-0.15, -0.1) is 0 Å². The molecule has 0 bridgehead atoms. The van der Waals surface area contributed by atoms with Crippen molar-refractivity contribution < 1.29 is 19.0 Å². The maximum Gasteiger partial charge on any atom is 0.251 e. The van der Waals surface area contributed by atoms with Crippen molar-refractivity contribution >= 4 is 5.91 Å². The molecular formula is C24H32N2O4. The van der Waals surface area contributed by atoms with Gasteiger partial charge in [0.1, 0.15) is 0 Å². The maximum absolute atomic E-state index is 13.0. The minimum Gasteiger partial charge on any atom is -0.493 e. The Morgan fingerprint density at radius 3 is 2.17 bits per heavy atom. The number of amides is 1. The molecule has 1 aliphatic heterocycles. The molecule has 0 aliphatic carbocycles. The van der Waals surface area contributed by atoms with Crippen LogP contribution in [0.2, 0.25) is 0 Å². The third kappa shape index (κ3) is 5.05. The lowest BCUT2D eigenvalue weighted by molar-refractivity contribution is 0.0912. The number of ether oxygens (including phenoxy) is 3. The molecule has 1 fully saturated rings. The van der Waals surface area contributed by atoms with E-state index in [0.717, 1.165) is 19.0 Å². The molecule has 0 aromatic heterocycles. The van der Waals surface area contributed by atoms with Gasteiger partial charge in [0.2, 0.25) is 5.75 Å². The Morgan fingerprint density at radius 1 is 1.03 bits per heavy atom. The molecule has 1 saturated heterocycles. The van der Waals surface area contributed by atoms with Crippen LogP contribution in [0.5, 0.6) is 17.2 Å². The molecule has 0 saturated carbocycles. The van der Waals surface area contributed by atoms with E-state index in [1.807, 2.05) is 6.07 Å². The Labute approximate surface area is 179 Å². The number of nitrogens with zero attached hydrogens (tertiary/aromatic N) is 1. The molecule has 1 unspecified atom stereocenters. The van der Waals surface area contributed by atoms with E-state index in [1.165, 1.54) is 18.4 Å². The summed E-state index contributed by atoms with van der Waals surface area (Å²) in [6.07, 6.45) is 2.37. The predicted octanol–water partition coefficient (Wildman–Crippen LogP) is 3.92. The Hall–Kier alpha value is -2.73. The van der Waals surface area contributed by atoms with Crippen LogP contribution in [0.1, 0.15) is 41.7 Å². The SMILES string of the molecule is COc1cc(C(=O)NCC(c2ccccc2)N2CCC(C)CC2)cc(OC)c1OC. The van der Waals surface area contributed by atoms with Crippen LogP contribution in [0, 0.1) is 5.92 Å². The van der Waals surface area contributed by atoms with Crippen LogP contribution < -0.4 is 19.5 Å². The number of piperidine rings is 1. The second-order valence-corrected chi connectivity index (χ2v) is 7.77. The summed E-state index contributed by atoms with van der Waals surface area (Å²) in [6.45, 7) is 4.93. The summed E-state index contributed by atoms with van der Waals surface area (Å²) in [5.74, 6) is 1.99. The van der Waals surface area contributed by atoms with E-state index in [-0.39, 0.29) is 11.9 Å². The number of hydrogen-bond donors (Lipinski definition) is 1. The monoisotopic (exact) mass is 412 g/mol. The van der Waals surface area contributed by atoms with E-state index in [1.54, 1.807) is 33.5 Å². The van der Waals surface area contributed by atoms with Crippen molar-refractivity contribution in [2.75, 3.05) is 41.0 Å². The smallest absolute Gasteiger partial charge is 0.251 e. The molecule has 2 aromatic carbocycles. The van der Waals surface area contributed by atoms with Gasteiger partial charge in [-0.2, -0.15) is 0 Å². The van der Waals surface area contributed by atoms with Crippen molar-refractivity contribution in [3.05, 3.63) is 53.6 Å². The van der Waals surface area contributed by atoms with Gasteiger partial charge in [-0.05, 0) is 49.5 Å². The van der Waals surface area contributed by atoms with Gasteiger partial charge in [0, 0.05) is 12.1 Å². The van der Waals surface area contributed by atoms with Gasteiger partial charge in [0.25, 0.3) is 5.91 Å². The zero-order valence-corrected chi connectivity index (χ0v) is 18.3. The fourth-order valence-corrected chi connectivity index (χ4v) is 3.98. The molecular weight excluding hydrogens is 380 g/mol. The predicted molar refractivity (Wildman–Crippen MR) is 118 cm³/mol. The molecule has 6 heteroatoms. The standard InChI is InChI=1S/C24H32N2O4/c1-17-10-12-26(13-11-17)20(18-8-6-5-7-9-18)16-25-24(27)19-14-21(28-2)23(30-4)22(15-19)29-3/h5-9,14-15,17,20H,10-13,16H2,1-4H3,(H,25,27). The first-order valence-corrected chi connectivity index (χ1v) is 10.4. The molecule has 1 aliphatic rings. The zero-order chi connectivity index (χ0) is 21.5. The first-order valence-electron chi connectivity index (χ1n) is 10.4. The van der Waals surface area contributed by atoms with Crippen molar-refractivity contribution in [1.29, 1.82) is 0 Å². The van der Waals surface area contributed by atoms with Crippen LogP contribution in [0.3, 0.4) is 0 Å². The maximum atomic E-state index is 13.0. The lowest BCUT2D eigenvalue weighted by Gasteiger charge is -2.37. The average molecular weight is 413 g/mol. The summed E-state index contributed by atoms with van der Waals surface area (Å²) >= 11 is 0. The summed E-state index contributed by atoms with van der Waals surface area (Å²) in [6, 6.07) is 13.9. The molecule has 1 heterocycles. The third-order valence-corrected chi connectivity index (χ3v) is 5.83. The highest BCUT2D eigenvalue weighted by Gasteiger charge is 2.25. The second kappa shape index (κ2) is 10.3. The number of methoxy groups -OCH3 is 3. The minimum atomic E-state index is -0.166. The van der Waals surface area contributed by atoms with Crippen LogP contribution in [0.15, 0.2) is 42.5 Å². The highest BCUT2D eigenvalue weighted by atomic mass is 16.5. The van der Waals surface area contributed by atoms with E-state index < -0.39 is 0 Å². The van der Waals surface area contributed by atoms with Crippen LogP contribution in [0.25, 0.3) is 0 Å². The highest BCUT2D eigenvalue weighted by molar-refractivity contribution is 5.95. The zero-order valence-electron chi connectivity index (χ0n) is 18.3. The summed E-state index contributed by atoms with van der Waals surface area (Å²) in [4.78, 5) is 15.4. The van der Waals surface area contributed by atoms with Gasteiger partial charge in [-0.25, -0.2) is 0 Å². The van der Waals surface area contributed by atoms with E-state index >= 15 is 0 Å². The summed E-state index contributed by atoms with van der Waals surface area (Å²) in [5, 5.41) is 3.11. The largest absolute Gasteiger partial charge is 0.493 e. The van der Waals surface area contributed by atoms with Crippen LogP contribution in [0.4, 0.5) is 0 Å². The van der Waals surface area contributed by atoms with Gasteiger partial charge in [-0.3, -0.25) is 9.69 Å². The van der Waals surface area contributed by atoms with Crippen LogP contribution in [-0.4, -0.2) is 51.8 Å². The van der Waals surface area contributed by atoms with Gasteiger partial charge in [-0.1, -0.05) is 37.3 Å². The quantitative estimate of drug-likeness (QED) is 0.712. The molecule has 1 atom stereocenters. The molecule has 0 radical (unpaired) electrons. The Bertz CT molecular complexity index is 807. The Kier molecular flexibility index (Phi) is 7.57. The summed E-state index contributed by atoms with van der Waals surface area (Å²) in [7, 11) is 4.63. The fourth-order valence-electron chi connectivity index (χ4n) is 3.98. The van der Waals surface area contributed by atoms with Crippen LogP contribution >= 0.6 is 0 Å². The minimum absolute atomic E-state index is 0.143. The number of carbonyl (C=O) groups excluding carboxylic acids is 1. The van der Waals surface area contributed by atoms with Crippen molar-refractivity contribution in [2.45, 2.75) is 25.8 Å². The highest BCUT2D eigenvalue weighted by Crippen LogP contribution is 2.38. The van der Waals surface area contributed by atoms with Crippen molar-refractivity contribution in [1.82, 2.24) is 10.2 Å². The topological polar surface area (TPSA) is 60.0 Å². The van der Waals surface area contributed by atoms with Crippen molar-refractivity contribution in [2.24, 2.45) is 5.92 Å². The molecule has 1 amide bonds. The van der Waals surface area contributed by atoms with E-state index in [9.17, 15) is 4.79 Å². The number of likely N-dealkylation sites (tertiary alicyclic amines) is 1. The van der Waals surface area contributed by atoms with Crippen molar-refractivity contribution in [3.8, 4) is 17.2 Å². The first kappa shape index (κ1) is 22.0. The third-order valence-electron chi connectivity index (χ3n) is 5.83. The van der Waals surface area contributed by atoms with Crippen LogP contribution in [-0.2, 0) is 0 Å². The Balaban J connectivity index is 1.77. The number of hydrogen-bond acceptors (Lipinski definition) is 5. The number of rotatable bonds is 8. The van der Waals surface area contributed by atoms with E-state index in [0.29, 0.717) is 29.4 Å². The van der Waals surface area contributed by atoms with Gasteiger partial charge in [0.05, 0.1) is 27.4 Å². The summed E-state index contributed by atoms with van der Waals surface area (Å²) in [5.41, 5.74) is 1.70. The molecule has 0 spiro atoms.